The molecule has 2 aliphatic heterocycles. The molecule has 1 fully saturated rings. The van der Waals surface area contributed by atoms with Gasteiger partial charge in [0, 0.05) is 31.7 Å². The van der Waals surface area contributed by atoms with Crippen LogP contribution in [0, 0.1) is 0 Å². The Hall–Kier alpha value is -2.67. The summed E-state index contributed by atoms with van der Waals surface area (Å²) < 4.78 is 1.83. The molecule has 0 saturated carbocycles. The number of amides is 2. The van der Waals surface area contributed by atoms with Gasteiger partial charge in [-0.3, -0.25) is 9.59 Å². The first-order valence-corrected chi connectivity index (χ1v) is 8.68. The molecule has 7 heteroatoms. The average Bonchev–Trinajstić information content (AvgIpc) is 3.24. The van der Waals surface area contributed by atoms with E-state index in [9.17, 15) is 14.7 Å². The number of para-hydroxylation sites is 1. The lowest BCUT2D eigenvalue weighted by Gasteiger charge is -2.35. The maximum Gasteiger partial charge on any atom is 0.254 e. The molecule has 136 valence electrons. The molecule has 4 rings (SSSR count). The van der Waals surface area contributed by atoms with E-state index in [-0.39, 0.29) is 5.91 Å². The van der Waals surface area contributed by atoms with Crippen LogP contribution in [0.5, 0.6) is 0 Å². The molecular formula is C19H22N4O3. The predicted molar refractivity (Wildman–Crippen MR) is 95.3 cm³/mol. The Morgan fingerprint density at radius 2 is 2.12 bits per heavy atom. The van der Waals surface area contributed by atoms with E-state index in [0.717, 1.165) is 11.3 Å². The Morgan fingerprint density at radius 1 is 1.38 bits per heavy atom. The number of rotatable bonds is 2. The van der Waals surface area contributed by atoms with Crippen molar-refractivity contribution in [1.29, 1.82) is 0 Å². The van der Waals surface area contributed by atoms with Gasteiger partial charge in [0.15, 0.2) is 0 Å². The molecule has 0 aliphatic carbocycles. The Bertz CT molecular complexity index is 898. The average molecular weight is 354 g/mol. The number of imidazole rings is 1. The van der Waals surface area contributed by atoms with E-state index in [0.29, 0.717) is 18.8 Å². The zero-order valence-electron chi connectivity index (χ0n) is 15.1. The van der Waals surface area contributed by atoms with E-state index in [2.05, 4.69) is 10.3 Å². The molecule has 2 N–H and O–H groups in total. The van der Waals surface area contributed by atoms with Gasteiger partial charge in [-0.25, -0.2) is 4.98 Å². The number of carbonyl (C=O) groups excluding carboxylic acids is 2. The Morgan fingerprint density at radius 3 is 2.77 bits per heavy atom. The fourth-order valence-corrected chi connectivity index (χ4v) is 4.26. The van der Waals surface area contributed by atoms with E-state index in [1.54, 1.807) is 17.3 Å². The van der Waals surface area contributed by atoms with Crippen LogP contribution in [0.15, 0.2) is 36.7 Å². The molecule has 0 bridgehead atoms. The molecule has 1 saturated heterocycles. The van der Waals surface area contributed by atoms with Crippen molar-refractivity contribution in [2.24, 2.45) is 7.05 Å². The molecule has 2 amide bonds. The number of aromatic nitrogens is 2. The summed E-state index contributed by atoms with van der Waals surface area (Å²) in [5.74, 6) is 0.101. The number of hydrogen-bond acceptors (Lipinski definition) is 4. The number of nitrogens with zero attached hydrogens (tertiary/aromatic N) is 3. The minimum absolute atomic E-state index is 0.127. The fourth-order valence-electron chi connectivity index (χ4n) is 4.26. The van der Waals surface area contributed by atoms with Crippen LogP contribution in [0.1, 0.15) is 37.7 Å². The van der Waals surface area contributed by atoms with Crippen molar-refractivity contribution < 1.29 is 14.7 Å². The number of benzene rings is 1. The summed E-state index contributed by atoms with van der Waals surface area (Å²) in [7, 11) is 1.85. The lowest BCUT2D eigenvalue weighted by atomic mass is 9.74. The van der Waals surface area contributed by atoms with Crippen molar-refractivity contribution in [2.45, 2.75) is 37.3 Å². The highest BCUT2D eigenvalue weighted by Crippen LogP contribution is 2.54. The molecule has 2 aromatic rings. The molecule has 1 aromatic heterocycles. The Kier molecular flexibility index (Phi) is 3.49. The van der Waals surface area contributed by atoms with Crippen molar-refractivity contribution in [3.63, 3.8) is 0 Å². The smallest absolute Gasteiger partial charge is 0.254 e. The number of carbonyl (C=O) groups is 2. The molecule has 3 heterocycles. The van der Waals surface area contributed by atoms with Crippen LogP contribution in [-0.4, -0.2) is 43.5 Å². The van der Waals surface area contributed by atoms with Gasteiger partial charge in [-0.05, 0) is 31.9 Å². The number of likely N-dealkylation sites (tertiary alicyclic amines) is 1. The van der Waals surface area contributed by atoms with Gasteiger partial charge in [-0.15, -0.1) is 0 Å². The number of aliphatic hydroxyl groups is 1. The third-order valence-corrected chi connectivity index (χ3v) is 5.47. The molecule has 26 heavy (non-hydrogen) atoms. The Labute approximate surface area is 151 Å². The SMILES string of the molecule is Cn1ccnc1[C@@H]1N(C(=O)C(C)(C)O)CC[C@]12C(=O)Nc1ccccc12. The van der Waals surface area contributed by atoms with Gasteiger partial charge in [0.2, 0.25) is 5.91 Å². The van der Waals surface area contributed by atoms with Gasteiger partial charge in [-0.1, -0.05) is 18.2 Å². The third-order valence-electron chi connectivity index (χ3n) is 5.47. The standard InChI is InChI=1S/C19H22N4O3/c1-18(2,26)17(25)23-10-8-19(14(23)15-20-9-11-22(15)3)12-6-4-5-7-13(12)21-16(19)24/h4-7,9,11,14,26H,8,10H2,1-3H3,(H,21,24)/t14-,19+/m0/s1. The van der Waals surface area contributed by atoms with Crippen molar-refractivity contribution in [3.05, 3.63) is 48.0 Å². The number of nitrogens with one attached hydrogen (secondary N) is 1. The molecule has 2 atom stereocenters. The number of fused-ring (bicyclic) bond motifs is 2. The summed E-state index contributed by atoms with van der Waals surface area (Å²) in [6, 6.07) is 7.00. The second kappa shape index (κ2) is 5.41. The highest BCUT2D eigenvalue weighted by Gasteiger charge is 2.61. The zero-order chi connectivity index (χ0) is 18.7. The van der Waals surface area contributed by atoms with Crippen molar-refractivity contribution in [3.8, 4) is 0 Å². The summed E-state index contributed by atoms with van der Waals surface area (Å²) >= 11 is 0. The van der Waals surface area contributed by atoms with Crippen molar-refractivity contribution in [2.75, 3.05) is 11.9 Å². The van der Waals surface area contributed by atoms with Gasteiger partial charge in [0.1, 0.15) is 22.9 Å². The first kappa shape index (κ1) is 16.8. The largest absolute Gasteiger partial charge is 0.381 e. The van der Waals surface area contributed by atoms with E-state index in [4.69, 9.17) is 0 Å². The summed E-state index contributed by atoms with van der Waals surface area (Å²) in [5.41, 5.74) is -0.779. The molecule has 0 radical (unpaired) electrons. The second-order valence-corrected chi connectivity index (χ2v) is 7.58. The van der Waals surface area contributed by atoms with Crippen LogP contribution in [0.4, 0.5) is 5.69 Å². The summed E-state index contributed by atoms with van der Waals surface area (Å²) in [6.07, 6.45) is 3.94. The quantitative estimate of drug-likeness (QED) is 0.852. The maximum atomic E-state index is 13.1. The summed E-state index contributed by atoms with van der Waals surface area (Å²) in [4.78, 5) is 32.1. The van der Waals surface area contributed by atoms with Crippen molar-refractivity contribution >= 4 is 17.5 Å². The zero-order valence-corrected chi connectivity index (χ0v) is 15.1. The highest BCUT2D eigenvalue weighted by atomic mass is 16.3. The number of hydrogen-bond donors (Lipinski definition) is 2. The summed E-state index contributed by atoms with van der Waals surface area (Å²) in [6.45, 7) is 3.32. The van der Waals surface area contributed by atoms with Crippen LogP contribution in [0.2, 0.25) is 0 Å². The lowest BCUT2D eigenvalue weighted by Crippen LogP contribution is -2.49. The van der Waals surface area contributed by atoms with E-state index < -0.39 is 23.0 Å². The molecule has 0 unspecified atom stereocenters. The second-order valence-electron chi connectivity index (χ2n) is 7.58. The topological polar surface area (TPSA) is 87.5 Å². The van der Waals surface area contributed by atoms with Gasteiger partial charge in [0.05, 0.1) is 0 Å². The molecule has 2 aliphatic rings. The molecular weight excluding hydrogens is 332 g/mol. The highest BCUT2D eigenvalue weighted by molar-refractivity contribution is 6.07. The summed E-state index contributed by atoms with van der Waals surface area (Å²) in [5, 5.41) is 13.3. The monoisotopic (exact) mass is 354 g/mol. The van der Waals surface area contributed by atoms with Gasteiger partial charge < -0.3 is 19.9 Å². The van der Waals surface area contributed by atoms with E-state index >= 15 is 0 Å². The van der Waals surface area contributed by atoms with Gasteiger partial charge >= 0.3 is 0 Å². The van der Waals surface area contributed by atoms with Crippen LogP contribution < -0.4 is 5.32 Å². The van der Waals surface area contributed by atoms with Gasteiger partial charge in [0.25, 0.3) is 5.91 Å². The van der Waals surface area contributed by atoms with Crippen LogP contribution >= 0.6 is 0 Å². The number of anilines is 1. The fraction of sp³-hybridized carbons (Fsp3) is 0.421. The van der Waals surface area contributed by atoms with Crippen LogP contribution in [0.25, 0.3) is 0 Å². The minimum Gasteiger partial charge on any atom is -0.381 e. The van der Waals surface area contributed by atoms with Crippen LogP contribution in [0.3, 0.4) is 0 Å². The van der Waals surface area contributed by atoms with E-state index in [1.165, 1.54) is 13.8 Å². The molecule has 1 aromatic carbocycles. The third kappa shape index (κ3) is 2.13. The van der Waals surface area contributed by atoms with Crippen LogP contribution in [-0.2, 0) is 22.1 Å². The molecule has 7 nitrogen and oxygen atoms in total. The van der Waals surface area contributed by atoms with E-state index in [1.807, 2.05) is 35.9 Å². The Balaban J connectivity index is 1.92. The van der Waals surface area contributed by atoms with Gasteiger partial charge in [-0.2, -0.15) is 0 Å². The molecule has 1 spiro atoms. The predicted octanol–water partition coefficient (Wildman–Crippen LogP) is 1.35. The minimum atomic E-state index is -1.52. The lowest BCUT2D eigenvalue weighted by molar-refractivity contribution is -0.150. The normalized spacial score (nSPS) is 24.8. The maximum absolute atomic E-state index is 13.1. The number of aryl methyl sites for hydroxylation is 1. The first-order valence-electron chi connectivity index (χ1n) is 8.68. The first-order chi connectivity index (χ1) is 12.3. The van der Waals surface area contributed by atoms with Crippen molar-refractivity contribution in [1.82, 2.24) is 14.5 Å².